The maximum absolute atomic E-state index is 11.4. The van der Waals surface area contributed by atoms with Gasteiger partial charge in [0.15, 0.2) is 0 Å². The molecule has 2 rings (SSSR count). The van der Waals surface area contributed by atoms with E-state index in [4.69, 9.17) is 11.2 Å². The zero-order valence-corrected chi connectivity index (χ0v) is 8.35. The molecule has 0 radical (unpaired) electrons. The molecule has 0 spiro atoms. The first-order chi connectivity index (χ1) is 7.31. The van der Waals surface area contributed by atoms with E-state index in [1.165, 1.54) is 0 Å². The van der Waals surface area contributed by atoms with Crippen LogP contribution in [-0.2, 0) is 16.1 Å². The van der Waals surface area contributed by atoms with Gasteiger partial charge in [-0.15, -0.1) is 12.3 Å². The number of hydrogen-bond donors (Lipinski definition) is 0. The van der Waals surface area contributed by atoms with E-state index in [-0.39, 0.29) is 17.8 Å². The first kappa shape index (κ1) is 9.79. The average Bonchev–Trinajstić information content (AvgIpc) is 3.06. The van der Waals surface area contributed by atoms with Crippen LogP contribution in [0.4, 0.5) is 0 Å². The minimum absolute atomic E-state index is 0.0567. The van der Waals surface area contributed by atoms with E-state index in [9.17, 15) is 4.79 Å². The van der Waals surface area contributed by atoms with Crippen molar-refractivity contribution in [2.75, 3.05) is 0 Å². The van der Waals surface area contributed by atoms with Crippen LogP contribution < -0.4 is 0 Å². The van der Waals surface area contributed by atoms with Gasteiger partial charge >= 0.3 is 5.97 Å². The third-order valence-corrected chi connectivity index (χ3v) is 2.53. The van der Waals surface area contributed by atoms with E-state index >= 15 is 0 Å². The first-order valence-electron chi connectivity index (χ1n) is 4.98. The summed E-state index contributed by atoms with van der Waals surface area (Å²) in [7, 11) is 0. The Morgan fingerprint density at radius 2 is 2.20 bits per heavy atom. The van der Waals surface area contributed by atoms with Crippen molar-refractivity contribution in [3.8, 4) is 12.3 Å². The molecule has 0 heterocycles. The molecule has 76 valence electrons. The molecular formula is C13H12O2. The fraction of sp³-hybridized carbons (Fsp3) is 0.308. The Hall–Kier alpha value is -1.75. The summed E-state index contributed by atoms with van der Waals surface area (Å²) in [6.45, 7) is 0.341. The molecule has 1 aliphatic carbocycles. The molecule has 0 N–H and O–H groups in total. The highest BCUT2D eigenvalue weighted by atomic mass is 16.5. The van der Waals surface area contributed by atoms with Crippen molar-refractivity contribution >= 4 is 5.97 Å². The number of rotatable bonds is 3. The van der Waals surface area contributed by atoms with Gasteiger partial charge in [0.25, 0.3) is 0 Å². The quantitative estimate of drug-likeness (QED) is 0.551. The van der Waals surface area contributed by atoms with Crippen molar-refractivity contribution in [2.24, 2.45) is 11.8 Å². The molecule has 0 aromatic heterocycles. The fourth-order valence-corrected chi connectivity index (χ4v) is 1.48. The lowest BCUT2D eigenvalue weighted by Crippen LogP contribution is -2.07. The molecule has 1 fully saturated rings. The van der Waals surface area contributed by atoms with Gasteiger partial charge in [-0.3, -0.25) is 4.79 Å². The highest BCUT2D eigenvalue weighted by Gasteiger charge is 2.43. The van der Waals surface area contributed by atoms with Crippen LogP contribution in [0.5, 0.6) is 0 Å². The van der Waals surface area contributed by atoms with E-state index in [0.717, 1.165) is 12.0 Å². The predicted octanol–water partition coefficient (Wildman–Crippen LogP) is 2.00. The highest BCUT2D eigenvalue weighted by Crippen LogP contribution is 2.38. The number of ether oxygens (including phenoxy) is 1. The van der Waals surface area contributed by atoms with Gasteiger partial charge in [-0.05, 0) is 12.0 Å². The van der Waals surface area contributed by atoms with Crippen LogP contribution in [0, 0.1) is 24.2 Å². The second-order valence-electron chi connectivity index (χ2n) is 3.71. The second-order valence-corrected chi connectivity index (χ2v) is 3.71. The lowest BCUT2D eigenvalue weighted by atomic mass is 10.2. The second kappa shape index (κ2) is 4.18. The van der Waals surface area contributed by atoms with Gasteiger partial charge in [0.05, 0.1) is 5.92 Å². The summed E-state index contributed by atoms with van der Waals surface area (Å²) in [6.07, 6.45) is 5.99. The maximum Gasteiger partial charge on any atom is 0.310 e. The number of benzene rings is 1. The average molecular weight is 200 g/mol. The van der Waals surface area contributed by atoms with Crippen LogP contribution in [0.3, 0.4) is 0 Å². The molecule has 15 heavy (non-hydrogen) atoms. The summed E-state index contributed by atoms with van der Waals surface area (Å²) >= 11 is 0. The normalized spacial score (nSPS) is 22.9. The molecule has 1 aromatic carbocycles. The van der Waals surface area contributed by atoms with Gasteiger partial charge in [0, 0.05) is 5.92 Å². The number of carbonyl (C=O) groups excluding carboxylic acids is 1. The molecule has 0 unspecified atom stereocenters. The number of esters is 1. The van der Waals surface area contributed by atoms with Crippen LogP contribution in [0.2, 0.25) is 0 Å². The molecule has 2 nitrogen and oxygen atoms in total. The van der Waals surface area contributed by atoms with E-state index in [1.54, 1.807) is 0 Å². The van der Waals surface area contributed by atoms with Gasteiger partial charge in [0.2, 0.25) is 0 Å². The van der Waals surface area contributed by atoms with E-state index in [2.05, 4.69) is 5.92 Å². The Labute approximate surface area is 89.3 Å². The van der Waals surface area contributed by atoms with Crippen molar-refractivity contribution in [2.45, 2.75) is 13.0 Å². The molecule has 0 bridgehead atoms. The van der Waals surface area contributed by atoms with E-state index in [1.807, 2.05) is 30.3 Å². The molecule has 0 saturated heterocycles. The predicted molar refractivity (Wildman–Crippen MR) is 56.7 cm³/mol. The van der Waals surface area contributed by atoms with Crippen LogP contribution >= 0.6 is 0 Å². The van der Waals surface area contributed by atoms with Gasteiger partial charge in [-0.2, -0.15) is 0 Å². The highest BCUT2D eigenvalue weighted by molar-refractivity contribution is 5.76. The van der Waals surface area contributed by atoms with Gasteiger partial charge < -0.3 is 4.74 Å². The minimum Gasteiger partial charge on any atom is -0.461 e. The van der Waals surface area contributed by atoms with Crippen molar-refractivity contribution in [3.05, 3.63) is 35.9 Å². The fourth-order valence-electron chi connectivity index (χ4n) is 1.48. The number of hydrogen-bond acceptors (Lipinski definition) is 2. The first-order valence-corrected chi connectivity index (χ1v) is 4.98. The van der Waals surface area contributed by atoms with Crippen LogP contribution in [0.25, 0.3) is 0 Å². The van der Waals surface area contributed by atoms with Crippen molar-refractivity contribution in [1.82, 2.24) is 0 Å². The zero-order valence-electron chi connectivity index (χ0n) is 8.35. The van der Waals surface area contributed by atoms with Crippen molar-refractivity contribution < 1.29 is 9.53 Å². The van der Waals surface area contributed by atoms with Crippen LogP contribution in [0.1, 0.15) is 12.0 Å². The molecular weight excluding hydrogens is 188 g/mol. The van der Waals surface area contributed by atoms with Gasteiger partial charge in [-0.25, -0.2) is 0 Å². The Morgan fingerprint density at radius 3 is 2.80 bits per heavy atom. The lowest BCUT2D eigenvalue weighted by molar-refractivity contribution is -0.146. The van der Waals surface area contributed by atoms with Gasteiger partial charge in [-0.1, -0.05) is 30.3 Å². The summed E-state index contributed by atoms with van der Waals surface area (Å²) in [6, 6.07) is 9.63. The molecule has 2 heteroatoms. The Kier molecular flexibility index (Phi) is 2.73. The smallest absolute Gasteiger partial charge is 0.310 e. The topological polar surface area (TPSA) is 26.3 Å². The Morgan fingerprint density at radius 1 is 1.47 bits per heavy atom. The largest absolute Gasteiger partial charge is 0.461 e. The van der Waals surface area contributed by atoms with Crippen LogP contribution in [-0.4, -0.2) is 5.97 Å². The molecule has 0 aliphatic heterocycles. The van der Waals surface area contributed by atoms with Crippen molar-refractivity contribution in [3.63, 3.8) is 0 Å². The molecule has 1 aromatic rings. The summed E-state index contributed by atoms with van der Waals surface area (Å²) in [5.74, 6) is 2.45. The van der Waals surface area contributed by atoms with Crippen LogP contribution in [0.15, 0.2) is 30.3 Å². The monoisotopic (exact) mass is 200 g/mol. The molecule has 0 amide bonds. The zero-order chi connectivity index (χ0) is 10.7. The third-order valence-electron chi connectivity index (χ3n) is 2.53. The van der Waals surface area contributed by atoms with Gasteiger partial charge in [0.1, 0.15) is 6.61 Å². The third kappa shape index (κ3) is 2.38. The van der Waals surface area contributed by atoms with Crippen molar-refractivity contribution in [1.29, 1.82) is 0 Å². The Balaban J connectivity index is 1.80. The summed E-state index contributed by atoms with van der Waals surface area (Å²) in [5, 5.41) is 0. The Bertz CT molecular complexity index is 389. The standard InChI is InChI=1S/C13H12O2/c1-2-11-8-12(11)13(14)15-9-10-6-4-3-5-7-10/h1,3-7,11-12H,8-9H2/t11-,12-/m1/s1. The van der Waals surface area contributed by atoms with E-state index in [0.29, 0.717) is 6.61 Å². The number of terminal acetylenes is 1. The number of carbonyl (C=O) groups is 1. The molecule has 1 saturated carbocycles. The molecule has 2 atom stereocenters. The van der Waals surface area contributed by atoms with E-state index < -0.39 is 0 Å². The SMILES string of the molecule is C#C[C@@H]1C[C@H]1C(=O)OCc1ccccc1. The summed E-state index contributed by atoms with van der Waals surface area (Å²) < 4.78 is 5.15. The summed E-state index contributed by atoms with van der Waals surface area (Å²) in [5.41, 5.74) is 1.00. The minimum atomic E-state index is -0.165. The summed E-state index contributed by atoms with van der Waals surface area (Å²) in [4.78, 5) is 11.4. The lowest BCUT2D eigenvalue weighted by Gasteiger charge is -2.03. The maximum atomic E-state index is 11.4. The molecule has 1 aliphatic rings.